The molecule has 0 aliphatic heterocycles. The Hall–Kier alpha value is -0.920. The summed E-state index contributed by atoms with van der Waals surface area (Å²) in [5.74, 6) is 0.561. The van der Waals surface area contributed by atoms with Crippen molar-refractivity contribution in [1.82, 2.24) is 4.98 Å². The van der Waals surface area contributed by atoms with E-state index in [1.54, 1.807) is 6.20 Å². The third-order valence-corrected chi connectivity index (χ3v) is 2.79. The first kappa shape index (κ1) is 20.1. The Bertz CT molecular complexity index is 385. The van der Waals surface area contributed by atoms with Gasteiger partial charge in [-0.1, -0.05) is 13.3 Å². The lowest BCUT2D eigenvalue weighted by Gasteiger charge is -2.06. The number of aromatic amines is 1. The van der Waals surface area contributed by atoms with Crippen LogP contribution < -0.4 is 21.5 Å². The zero-order valence-electron chi connectivity index (χ0n) is 12.8. The maximum Gasteiger partial charge on any atom is 0.318 e. The van der Waals surface area contributed by atoms with Crippen molar-refractivity contribution < 1.29 is 40.6 Å². The molecule has 1 aromatic heterocycles. The van der Waals surface area contributed by atoms with Crippen LogP contribution in [0.2, 0.25) is 0 Å². The van der Waals surface area contributed by atoms with Crippen molar-refractivity contribution in [2.24, 2.45) is 7.05 Å². The second kappa shape index (κ2) is 12.8. The fourth-order valence-corrected chi connectivity index (χ4v) is 1.58. The Morgan fingerprint density at radius 2 is 1.86 bits per heavy atom. The van der Waals surface area contributed by atoms with E-state index in [0.717, 1.165) is 25.3 Å². The van der Waals surface area contributed by atoms with Crippen LogP contribution >= 0.6 is 0 Å². The molecule has 0 saturated heterocycles. The minimum Gasteiger partial charge on any atom is -1.00 e. The van der Waals surface area contributed by atoms with Crippen molar-refractivity contribution in [2.75, 3.05) is 33.0 Å². The van der Waals surface area contributed by atoms with E-state index in [9.17, 15) is 4.79 Å². The minimum absolute atomic E-state index is 0. The number of hydrogen-bond donors (Lipinski definition) is 1. The second-order valence-electron chi connectivity index (χ2n) is 4.49. The molecule has 21 heavy (non-hydrogen) atoms. The van der Waals surface area contributed by atoms with Gasteiger partial charge in [0.05, 0.1) is 26.9 Å². The fourth-order valence-electron chi connectivity index (χ4n) is 1.58. The van der Waals surface area contributed by atoms with Gasteiger partial charge in [0.1, 0.15) is 25.4 Å². The molecule has 1 aromatic rings. The fraction of sp³-hybridized carbons (Fsp3) is 0.714. The van der Waals surface area contributed by atoms with Crippen molar-refractivity contribution in [1.29, 1.82) is 0 Å². The highest BCUT2D eigenvalue weighted by Crippen LogP contribution is 1.92. The van der Waals surface area contributed by atoms with Crippen LogP contribution in [0.3, 0.4) is 0 Å². The van der Waals surface area contributed by atoms with Gasteiger partial charge in [0.2, 0.25) is 0 Å². The van der Waals surface area contributed by atoms with E-state index in [1.165, 1.54) is 0 Å². The molecule has 0 unspecified atom stereocenters. The molecule has 1 heterocycles. The number of aryl methyl sites for hydroxylation is 1. The number of rotatable bonds is 11. The molecule has 6 nitrogen and oxygen atoms in total. The number of esters is 1. The quantitative estimate of drug-likeness (QED) is 0.274. The maximum atomic E-state index is 11.5. The molecule has 1 N–H and O–H groups in total. The molecular formula is C14H25BrN2O4. The highest BCUT2D eigenvalue weighted by molar-refractivity contribution is 5.71. The first-order valence-corrected chi connectivity index (χ1v) is 7.07. The number of H-pyrrole nitrogens is 1. The molecule has 0 fully saturated rings. The lowest BCUT2D eigenvalue weighted by molar-refractivity contribution is -0.677. The molecular weight excluding hydrogens is 340 g/mol. The predicted molar refractivity (Wildman–Crippen MR) is 73.2 cm³/mol. The van der Waals surface area contributed by atoms with Crippen molar-refractivity contribution >= 4 is 5.97 Å². The van der Waals surface area contributed by atoms with Crippen LogP contribution in [-0.2, 0) is 32.5 Å². The van der Waals surface area contributed by atoms with Crippen LogP contribution in [-0.4, -0.2) is 44.0 Å². The number of halogens is 1. The summed E-state index contributed by atoms with van der Waals surface area (Å²) < 4.78 is 17.6. The SMILES string of the molecule is CCCCOCCOCCOC(=O)Cc1[nH]cc[n+]1C.[Br-]. The van der Waals surface area contributed by atoms with Gasteiger partial charge in [0.15, 0.2) is 0 Å². The number of nitrogens with zero attached hydrogens (tertiary/aromatic N) is 1. The zero-order chi connectivity index (χ0) is 14.6. The topological polar surface area (TPSA) is 64.4 Å². The van der Waals surface area contributed by atoms with Crippen LogP contribution in [0.1, 0.15) is 25.6 Å². The van der Waals surface area contributed by atoms with Crippen molar-refractivity contribution in [3.8, 4) is 0 Å². The molecule has 122 valence electrons. The molecule has 0 aliphatic rings. The van der Waals surface area contributed by atoms with Crippen LogP contribution in [0, 0.1) is 0 Å². The van der Waals surface area contributed by atoms with Gasteiger partial charge in [-0.3, -0.25) is 4.79 Å². The molecule has 0 aromatic carbocycles. The van der Waals surface area contributed by atoms with Crippen LogP contribution in [0.5, 0.6) is 0 Å². The molecule has 1 rings (SSSR count). The first-order valence-electron chi connectivity index (χ1n) is 7.07. The lowest BCUT2D eigenvalue weighted by Crippen LogP contribution is -3.00. The van der Waals surface area contributed by atoms with Gasteiger partial charge >= 0.3 is 5.97 Å². The van der Waals surface area contributed by atoms with E-state index in [1.807, 2.05) is 17.8 Å². The largest absolute Gasteiger partial charge is 1.00 e. The molecule has 0 amide bonds. The molecule has 0 aliphatic carbocycles. The molecule has 0 atom stereocenters. The number of hydrogen-bond acceptors (Lipinski definition) is 4. The standard InChI is InChI=1S/C14H24N2O4.BrH/c1-3-4-7-18-8-9-19-10-11-20-14(17)12-13-15-5-6-16(13)2;/h5-6H,3-4,7-12H2,1-2H3;1H. The van der Waals surface area contributed by atoms with Gasteiger partial charge in [-0.05, 0) is 6.42 Å². The highest BCUT2D eigenvalue weighted by Gasteiger charge is 2.13. The smallest absolute Gasteiger partial charge is 0.318 e. The Balaban J connectivity index is 0.00000400. The summed E-state index contributed by atoms with van der Waals surface area (Å²) in [4.78, 5) is 14.5. The van der Waals surface area contributed by atoms with E-state index in [-0.39, 0.29) is 36.0 Å². The van der Waals surface area contributed by atoms with Crippen LogP contribution in [0.15, 0.2) is 12.4 Å². The Morgan fingerprint density at radius 1 is 1.19 bits per heavy atom. The van der Waals surface area contributed by atoms with Gasteiger partial charge in [0.25, 0.3) is 5.82 Å². The maximum absolute atomic E-state index is 11.5. The normalized spacial score (nSPS) is 10.2. The average molecular weight is 365 g/mol. The number of unbranched alkanes of at least 4 members (excludes halogenated alkanes) is 1. The predicted octanol–water partition coefficient (Wildman–Crippen LogP) is -2.24. The van der Waals surface area contributed by atoms with E-state index >= 15 is 0 Å². The molecule has 0 bridgehead atoms. The van der Waals surface area contributed by atoms with E-state index in [4.69, 9.17) is 14.2 Å². The number of ether oxygens (including phenoxy) is 3. The zero-order valence-corrected chi connectivity index (χ0v) is 14.4. The molecule has 0 radical (unpaired) electrons. The highest BCUT2D eigenvalue weighted by atomic mass is 79.9. The van der Waals surface area contributed by atoms with Crippen molar-refractivity contribution in [3.63, 3.8) is 0 Å². The van der Waals surface area contributed by atoms with Crippen molar-refractivity contribution in [2.45, 2.75) is 26.2 Å². The van der Waals surface area contributed by atoms with Gasteiger partial charge in [-0.15, -0.1) is 0 Å². The minimum atomic E-state index is -0.258. The number of carbonyl (C=O) groups excluding carboxylic acids is 1. The Kier molecular flexibility index (Phi) is 12.2. The summed E-state index contributed by atoms with van der Waals surface area (Å²) in [7, 11) is 1.88. The van der Waals surface area contributed by atoms with E-state index in [2.05, 4.69) is 11.9 Å². The van der Waals surface area contributed by atoms with Crippen molar-refractivity contribution in [3.05, 3.63) is 18.2 Å². The van der Waals surface area contributed by atoms with Gasteiger partial charge in [-0.2, -0.15) is 0 Å². The molecule has 0 saturated carbocycles. The summed E-state index contributed by atoms with van der Waals surface area (Å²) in [5, 5.41) is 0. The van der Waals surface area contributed by atoms with Gasteiger partial charge < -0.3 is 31.2 Å². The van der Waals surface area contributed by atoms with Gasteiger partial charge in [-0.25, -0.2) is 9.55 Å². The van der Waals surface area contributed by atoms with Crippen LogP contribution in [0.25, 0.3) is 0 Å². The number of carbonyl (C=O) groups is 1. The number of nitrogens with one attached hydrogen (secondary N) is 1. The van der Waals surface area contributed by atoms with Gasteiger partial charge in [0, 0.05) is 6.61 Å². The monoisotopic (exact) mass is 364 g/mol. The average Bonchev–Trinajstić information content (AvgIpc) is 2.82. The number of imidazole rings is 1. The summed E-state index contributed by atoms with van der Waals surface area (Å²) >= 11 is 0. The van der Waals surface area contributed by atoms with E-state index < -0.39 is 0 Å². The first-order chi connectivity index (χ1) is 9.74. The third-order valence-electron chi connectivity index (χ3n) is 2.79. The Morgan fingerprint density at radius 3 is 2.48 bits per heavy atom. The third kappa shape index (κ3) is 9.60. The summed E-state index contributed by atoms with van der Waals surface area (Å²) in [6.45, 7) is 4.71. The summed E-state index contributed by atoms with van der Waals surface area (Å²) in [6.07, 6.45) is 6.08. The number of aromatic nitrogens is 2. The summed E-state index contributed by atoms with van der Waals surface area (Å²) in [6, 6.07) is 0. The Labute approximate surface area is 136 Å². The summed E-state index contributed by atoms with van der Waals surface area (Å²) in [5.41, 5.74) is 0. The second-order valence-corrected chi connectivity index (χ2v) is 4.49. The van der Waals surface area contributed by atoms with E-state index in [0.29, 0.717) is 19.8 Å². The lowest BCUT2D eigenvalue weighted by atomic mass is 10.4. The molecule has 0 spiro atoms. The molecule has 7 heteroatoms. The van der Waals surface area contributed by atoms with Crippen LogP contribution in [0.4, 0.5) is 0 Å².